The van der Waals surface area contributed by atoms with Crippen molar-refractivity contribution >= 4 is 11.9 Å². The normalized spacial score (nSPS) is 15.5. The highest BCUT2D eigenvalue weighted by atomic mass is 16.4. The second-order valence-electron chi connectivity index (χ2n) is 1.95. The summed E-state index contributed by atoms with van der Waals surface area (Å²) in [6.07, 6.45) is -4.58. The molecule has 0 aromatic carbocycles. The Morgan fingerprint density at radius 1 is 1.18 bits per heavy atom. The molecule has 2 atom stereocenters. The lowest BCUT2D eigenvalue weighted by Crippen LogP contribution is -2.35. The van der Waals surface area contributed by atoms with E-state index in [1.54, 1.807) is 0 Å². The van der Waals surface area contributed by atoms with Gasteiger partial charge in [0.25, 0.3) is 0 Å². The van der Waals surface area contributed by atoms with Crippen LogP contribution in [-0.2, 0) is 9.59 Å². The van der Waals surface area contributed by atoms with E-state index >= 15 is 0 Å². The highest BCUT2D eigenvalue weighted by Gasteiger charge is 2.25. The summed E-state index contributed by atoms with van der Waals surface area (Å²) in [4.78, 5) is 19.8. The fraction of sp³-hybridized carbons (Fsp3) is 0.600. The standard InChI is InChI=1S/C5H8O6/c6-2(1-3(7)8)4(9)5(10)11/h2,4,6,9H,1H2,(H,7,8)(H,10,11)/t2-,4+/m1/s1. The van der Waals surface area contributed by atoms with E-state index < -0.39 is 30.6 Å². The minimum atomic E-state index is -2.04. The number of hydrogen-bond donors (Lipinski definition) is 4. The van der Waals surface area contributed by atoms with E-state index in [-0.39, 0.29) is 0 Å². The van der Waals surface area contributed by atoms with Crippen LogP contribution in [0.15, 0.2) is 0 Å². The molecular weight excluding hydrogens is 156 g/mol. The number of carboxylic acids is 2. The van der Waals surface area contributed by atoms with Crippen LogP contribution in [0.1, 0.15) is 6.42 Å². The van der Waals surface area contributed by atoms with Crippen molar-refractivity contribution in [3.63, 3.8) is 0 Å². The number of aliphatic hydroxyl groups is 2. The third kappa shape index (κ3) is 3.54. The summed E-state index contributed by atoms with van der Waals surface area (Å²) in [5, 5.41) is 33.3. The molecule has 0 rings (SSSR count). The van der Waals surface area contributed by atoms with Crippen molar-refractivity contribution in [2.24, 2.45) is 0 Å². The molecule has 0 unspecified atom stereocenters. The summed E-state index contributed by atoms with van der Waals surface area (Å²) in [5.41, 5.74) is 0. The van der Waals surface area contributed by atoms with Crippen molar-refractivity contribution in [1.82, 2.24) is 0 Å². The molecule has 4 N–H and O–H groups in total. The van der Waals surface area contributed by atoms with Gasteiger partial charge in [-0.3, -0.25) is 4.79 Å². The van der Waals surface area contributed by atoms with E-state index in [0.717, 1.165) is 0 Å². The zero-order valence-corrected chi connectivity index (χ0v) is 5.47. The van der Waals surface area contributed by atoms with Gasteiger partial charge in [0.2, 0.25) is 0 Å². The van der Waals surface area contributed by atoms with Gasteiger partial charge in [-0.2, -0.15) is 0 Å². The summed E-state index contributed by atoms with van der Waals surface area (Å²) in [7, 11) is 0. The molecule has 0 heterocycles. The van der Waals surface area contributed by atoms with Gasteiger partial charge in [0.15, 0.2) is 6.10 Å². The lowest BCUT2D eigenvalue weighted by atomic mass is 10.1. The van der Waals surface area contributed by atoms with Crippen LogP contribution in [0, 0.1) is 0 Å². The average molecular weight is 164 g/mol. The van der Waals surface area contributed by atoms with Gasteiger partial charge in [0, 0.05) is 0 Å². The number of carbonyl (C=O) groups is 2. The first-order chi connectivity index (χ1) is 4.95. The van der Waals surface area contributed by atoms with Gasteiger partial charge in [0.05, 0.1) is 6.42 Å². The Labute approximate surface area is 61.7 Å². The fourth-order valence-electron chi connectivity index (χ4n) is 0.455. The predicted octanol–water partition coefficient (Wildman–Crippen LogP) is -1.73. The van der Waals surface area contributed by atoms with Gasteiger partial charge in [-0.1, -0.05) is 0 Å². The molecule has 0 saturated carbocycles. The molecule has 0 aliphatic carbocycles. The second kappa shape index (κ2) is 3.89. The lowest BCUT2D eigenvalue weighted by molar-refractivity contribution is -0.155. The van der Waals surface area contributed by atoms with Crippen LogP contribution >= 0.6 is 0 Å². The van der Waals surface area contributed by atoms with Crippen LogP contribution in [-0.4, -0.2) is 44.6 Å². The van der Waals surface area contributed by atoms with Crippen LogP contribution in [0.4, 0.5) is 0 Å². The van der Waals surface area contributed by atoms with E-state index in [9.17, 15) is 9.59 Å². The molecular formula is C5H8O6. The maximum Gasteiger partial charge on any atom is 0.335 e. The largest absolute Gasteiger partial charge is 0.481 e. The van der Waals surface area contributed by atoms with Gasteiger partial charge in [-0.05, 0) is 0 Å². The molecule has 0 amide bonds. The molecule has 11 heavy (non-hydrogen) atoms. The molecule has 6 heteroatoms. The maximum absolute atomic E-state index is 9.92. The van der Waals surface area contributed by atoms with Crippen LogP contribution in [0.25, 0.3) is 0 Å². The molecule has 0 spiro atoms. The topological polar surface area (TPSA) is 115 Å². The van der Waals surface area contributed by atoms with Crippen LogP contribution < -0.4 is 0 Å². The monoisotopic (exact) mass is 164 g/mol. The van der Waals surface area contributed by atoms with Crippen molar-refractivity contribution in [3.05, 3.63) is 0 Å². The number of aliphatic carboxylic acids is 2. The zero-order valence-electron chi connectivity index (χ0n) is 5.47. The summed E-state index contributed by atoms with van der Waals surface area (Å²) >= 11 is 0. The Morgan fingerprint density at radius 3 is 1.91 bits per heavy atom. The summed E-state index contributed by atoms with van der Waals surface area (Å²) in [6, 6.07) is 0. The molecule has 0 aromatic heterocycles. The van der Waals surface area contributed by atoms with E-state index in [1.807, 2.05) is 0 Å². The van der Waals surface area contributed by atoms with Crippen LogP contribution in [0.2, 0.25) is 0 Å². The van der Waals surface area contributed by atoms with Gasteiger partial charge in [-0.25, -0.2) is 4.79 Å². The van der Waals surface area contributed by atoms with E-state index in [4.69, 9.17) is 20.4 Å². The Balaban J connectivity index is 3.92. The highest BCUT2D eigenvalue weighted by molar-refractivity contribution is 5.75. The SMILES string of the molecule is O=C(O)C[C@@H](O)[C@H](O)C(=O)O. The highest BCUT2D eigenvalue weighted by Crippen LogP contribution is 1.98. The zero-order chi connectivity index (χ0) is 9.02. The Hall–Kier alpha value is -1.14. The fourth-order valence-corrected chi connectivity index (χ4v) is 0.455. The third-order valence-electron chi connectivity index (χ3n) is 1.00. The quantitative estimate of drug-likeness (QED) is 0.392. The van der Waals surface area contributed by atoms with Crippen LogP contribution in [0.3, 0.4) is 0 Å². The Bertz CT molecular complexity index is 164. The number of hydrogen-bond acceptors (Lipinski definition) is 4. The van der Waals surface area contributed by atoms with E-state index in [0.29, 0.717) is 0 Å². The number of rotatable bonds is 4. The second-order valence-corrected chi connectivity index (χ2v) is 1.95. The average Bonchev–Trinajstić information content (AvgIpc) is 1.84. The first kappa shape index (κ1) is 9.86. The first-order valence-corrected chi connectivity index (χ1v) is 2.76. The maximum atomic E-state index is 9.92. The summed E-state index contributed by atoms with van der Waals surface area (Å²) < 4.78 is 0. The summed E-state index contributed by atoms with van der Waals surface area (Å²) in [6.45, 7) is 0. The molecule has 0 radical (unpaired) electrons. The van der Waals surface area contributed by atoms with Gasteiger partial charge < -0.3 is 20.4 Å². The van der Waals surface area contributed by atoms with E-state index in [2.05, 4.69) is 0 Å². The van der Waals surface area contributed by atoms with Crippen LogP contribution in [0.5, 0.6) is 0 Å². The Morgan fingerprint density at radius 2 is 1.64 bits per heavy atom. The lowest BCUT2D eigenvalue weighted by Gasteiger charge is -2.10. The minimum Gasteiger partial charge on any atom is -0.481 e. The minimum absolute atomic E-state index is 0.784. The van der Waals surface area contributed by atoms with Crippen molar-refractivity contribution in [3.8, 4) is 0 Å². The number of carboxylic acid groups (broad SMARTS) is 2. The molecule has 64 valence electrons. The van der Waals surface area contributed by atoms with Crippen molar-refractivity contribution in [2.45, 2.75) is 18.6 Å². The van der Waals surface area contributed by atoms with Crippen molar-refractivity contribution in [1.29, 1.82) is 0 Å². The molecule has 0 fully saturated rings. The third-order valence-corrected chi connectivity index (χ3v) is 1.00. The Kier molecular flexibility index (Phi) is 3.49. The van der Waals surface area contributed by atoms with Gasteiger partial charge in [-0.15, -0.1) is 0 Å². The smallest absolute Gasteiger partial charge is 0.335 e. The summed E-state index contributed by atoms with van der Waals surface area (Å²) in [5.74, 6) is -3.00. The van der Waals surface area contributed by atoms with Crippen molar-refractivity contribution in [2.75, 3.05) is 0 Å². The molecule has 0 saturated heterocycles. The predicted molar refractivity (Wildman–Crippen MR) is 31.9 cm³/mol. The van der Waals surface area contributed by atoms with Crippen molar-refractivity contribution < 1.29 is 30.0 Å². The van der Waals surface area contributed by atoms with Gasteiger partial charge >= 0.3 is 11.9 Å². The van der Waals surface area contributed by atoms with Gasteiger partial charge in [0.1, 0.15) is 6.10 Å². The molecule has 0 aliphatic rings. The molecule has 0 aliphatic heterocycles. The number of aliphatic hydroxyl groups excluding tert-OH is 2. The molecule has 6 nitrogen and oxygen atoms in total. The molecule has 0 aromatic rings. The first-order valence-electron chi connectivity index (χ1n) is 2.76. The van der Waals surface area contributed by atoms with E-state index in [1.165, 1.54) is 0 Å². The molecule has 0 bridgehead atoms.